The van der Waals surface area contributed by atoms with Crippen LogP contribution in [-0.4, -0.2) is 0 Å². The van der Waals surface area contributed by atoms with Crippen LogP contribution in [0.2, 0.25) is 0 Å². The average molecular weight is 603 g/mol. The van der Waals surface area contributed by atoms with Gasteiger partial charge in [-0.2, -0.15) is 0 Å². The zero-order valence-corrected chi connectivity index (χ0v) is 26.0. The summed E-state index contributed by atoms with van der Waals surface area (Å²) in [6, 6.07) is 58.2. The highest BCUT2D eigenvalue weighted by Gasteiger charge is 2.30. The molecule has 9 aromatic rings. The minimum Gasteiger partial charge on any atom is -0.0616 e. The van der Waals surface area contributed by atoms with Crippen LogP contribution < -0.4 is 0 Å². The van der Waals surface area contributed by atoms with Gasteiger partial charge in [-0.1, -0.05) is 146 Å². The highest BCUT2D eigenvalue weighted by Crippen LogP contribution is 2.57. The highest BCUT2D eigenvalue weighted by atomic mass is 14.3. The minimum absolute atomic E-state index is 1.31. The highest BCUT2D eigenvalue weighted by molar-refractivity contribution is 6.28. The molecule has 218 valence electrons. The van der Waals surface area contributed by atoms with Crippen molar-refractivity contribution >= 4 is 32.3 Å². The fraction of sp³-hybridized carbons (Fsp3) is 0. The Bertz CT molecular complexity index is 2660. The Kier molecular flexibility index (Phi) is 4.55. The summed E-state index contributed by atoms with van der Waals surface area (Å²) in [5.74, 6) is 0. The van der Waals surface area contributed by atoms with Gasteiger partial charge in [-0.25, -0.2) is 0 Å². The fourth-order valence-electron chi connectivity index (χ4n) is 9.33. The molecule has 0 amide bonds. The molecule has 0 nitrogen and oxygen atoms in total. The molecular formula is C48H26. The normalized spacial score (nSPS) is 12.6. The van der Waals surface area contributed by atoms with E-state index < -0.39 is 0 Å². The Hall–Kier alpha value is -6.24. The Morgan fingerprint density at radius 2 is 0.375 bits per heavy atom. The lowest BCUT2D eigenvalue weighted by Crippen LogP contribution is -1.79. The van der Waals surface area contributed by atoms with Crippen LogP contribution in [0.15, 0.2) is 158 Å². The molecule has 4 aliphatic rings. The third-order valence-corrected chi connectivity index (χ3v) is 11.3. The number of benzene rings is 9. The molecule has 9 aromatic carbocycles. The molecular weight excluding hydrogens is 577 g/mol. The molecule has 13 rings (SSSR count). The van der Waals surface area contributed by atoms with Crippen molar-refractivity contribution in [2.24, 2.45) is 0 Å². The second-order valence-corrected chi connectivity index (χ2v) is 13.5. The van der Waals surface area contributed by atoms with Gasteiger partial charge in [0.15, 0.2) is 0 Å². The summed E-state index contributed by atoms with van der Waals surface area (Å²) in [6.45, 7) is 0. The quantitative estimate of drug-likeness (QED) is 0.162. The molecule has 0 saturated carbocycles. The Morgan fingerprint density at radius 1 is 0.167 bits per heavy atom. The molecule has 0 heteroatoms. The number of rotatable bonds is 0. The Labute approximate surface area is 278 Å². The van der Waals surface area contributed by atoms with Crippen LogP contribution in [0.5, 0.6) is 0 Å². The van der Waals surface area contributed by atoms with Crippen molar-refractivity contribution in [3.8, 4) is 89.0 Å². The van der Waals surface area contributed by atoms with Crippen molar-refractivity contribution in [2.75, 3.05) is 0 Å². The van der Waals surface area contributed by atoms with Crippen LogP contribution in [-0.2, 0) is 0 Å². The summed E-state index contributed by atoms with van der Waals surface area (Å²) in [4.78, 5) is 0. The first-order chi connectivity index (χ1) is 23.8. The average Bonchev–Trinajstić information content (AvgIpc) is 3.86. The van der Waals surface area contributed by atoms with Crippen molar-refractivity contribution in [3.63, 3.8) is 0 Å². The van der Waals surface area contributed by atoms with E-state index in [-0.39, 0.29) is 0 Å². The number of fused-ring (bicyclic) bond motifs is 13. The van der Waals surface area contributed by atoms with Crippen molar-refractivity contribution in [1.29, 1.82) is 0 Å². The minimum atomic E-state index is 1.31. The van der Waals surface area contributed by atoms with Crippen LogP contribution in [0.1, 0.15) is 0 Å². The zero-order valence-electron chi connectivity index (χ0n) is 26.0. The molecule has 0 unspecified atom stereocenters. The van der Waals surface area contributed by atoms with Crippen molar-refractivity contribution < 1.29 is 0 Å². The van der Waals surface area contributed by atoms with E-state index in [2.05, 4.69) is 158 Å². The maximum Gasteiger partial charge on any atom is -0.00139 e. The van der Waals surface area contributed by atoms with E-state index in [0.717, 1.165) is 0 Å². The molecule has 0 heterocycles. The van der Waals surface area contributed by atoms with E-state index in [0.29, 0.717) is 0 Å². The summed E-state index contributed by atoms with van der Waals surface area (Å²) in [6.07, 6.45) is 0. The van der Waals surface area contributed by atoms with Crippen LogP contribution in [0.25, 0.3) is 121 Å². The van der Waals surface area contributed by atoms with Gasteiger partial charge in [0.1, 0.15) is 0 Å². The van der Waals surface area contributed by atoms with Gasteiger partial charge in [0.2, 0.25) is 0 Å². The van der Waals surface area contributed by atoms with E-state index in [1.165, 1.54) is 121 Å². The maximum atomic E-state index is 2.36. The van der Waals surface area contributed by atoms with Crippen molar-refractivity contribution in [2.45, 2.75) is 0 Å². The van der Waals surface area contributed by atoms with Gasteiger partial charge in [0.05, 0.1) is 0 Å². The standard InChI is InChI=1S/C26H14.C22H12/c1-2-6-16-14-24-22-12-10-20-18-8-4-3-7-17(18)19-9-11-21(26(22)25(19)20)23(24)13-15(16)5-1;1-2-6-14-13(5-1)17-9-10-19-15-7-3-4-8-16(15)20-12-11-18(14)21(17)22(19)20/h1-14H;1-12H. The molecule has 0 aromatic heterocycles. The summed E-state index contributed by atoms with van der Waals surface area (Å²) in [5, 5.41) is 8.37. The van der Waals surface area contributed by atoms with E-state index in [9.17, 15) is 0 Å². The molecule has 0 aliphatic heterocycles. The molecule has 0 atom stereocenters. The molecule has 0 fully saturated rings. The topological polar surface area (TPSA) is 0 Å². The van der Waals surface area contributed by atoms with E-state index in [4.69, 9.17) is 0 Å². The largest absolute Gasteiger partial charge is 0.0616 e. The van der Waals surface area contributed by atoms with Crippen LogP contribution in [0, 0.1) is 0 Å². The van der Waals surface area contributed by atoms with Gasteiger partial charge in [-0.3, -0.25) is 0 Å². The lowest BCUT2D eigenvalue weighted by Gasteiger charge is -2.05. The van der Waals surface area contributed by atoms with Crippen molar-refractivity contribution in [1.82, 2.24) is 0 Å². The third kappa shape index (κ3) is 2.97. The Morgan fingerprint density at radius 3 is 0.625 bits per heavy atom. The van der Waals surface area contributed by atoms with Crippen LogP contribution in [0.4, 0.5) is 0 Å². The van der Waals surface area contributed by atoms with Gasteiger partial charge in [0.25, 0.3) is 0 Å². The van der Waals surface area contributed by atoms with Gasteiger partial charge < -0.3 is 0 Å². The van der Waals surface area contributed by atoms with Gasteiger partial charge in [-0.05, 0) is 133 Å². The van der Waals surface area contributed by atoms with Gasteiger partial charge >= 0.3 is 0 Å². The molecule has 0 radical (unpaired) electrons. The molecule has 0 saturated heterocycles. The van der Waals surface area contributed by atoms with Crippen molar-refractivity contribution in [3.05, 3.63) is 158 Å². The van der Waals surface area contributed by atoms with E-state index in [1.54, 1.807) is 0 Å². The predicted octanol–water partition coefficient (Wildman–Crippen LogP) is 13.4. The van der Waals surface area contributed by atoms with Gasteiger partial charge in [-0.15, -0.1) is 0 Å². The molecule has 0 spiro atoms. The van der Waals surface area contributed by atoms with Gasteiger partial charge in [0, 0.05) is 0 Å². The van der Waals surface area contributed by atoms with E-state index >= 15 is 0 Å². The SMILES string of the molecule is c1ccc2c(c1)-c1ccc3c4c(ccc-2c14)-c1cc2ccccc2cc1-3.c1ccc2c(c1)-c1ccc3c4c(ccc-2c14)-c1ccccc1-3. The summed E-state index contributed by atoms with van der Waals surface area (Å²) in [5.41, 5.74) is 22.1. The second kappa shape index (κ2) is 8.76. The number of hydrogen-bond acceptors (Lipinski definition) is 0. The summed E-state index contributed by atoms with van der Waals surface area (Å²) < 4.78 is 0. The fourth-order valence-corrected chi connectivity index (χ4v) is 9.33. The molecule has 4 aliphatic carbocycles. The predicted molar refractivity (Wildman–Crippen MR) is 203 cm³/mol. The third-order valence-electron chi connectivity index (χ3n) is 11.3. The maximum absolute atomic E-state index is 2.36. The lowest BCUT2D eigenvalue weighted by atomic mass is 9.97. The van der Waals surface area contributed by atoms with E-state index in [1.807, 2.05) is 0 Å². The first-order valence-electron chi connectivity index (χ1n) is 16.9. The Balaban J connectivity index is 0.000000113. The van der Waals surface area contributed by atoms with Crippen LogP contribution in [0.3, 0.4) is 0 Å². The smallest absolute Gasteiger partial charge is 0.00139 e. The first kappa shape index (κ1) is 24.9. The molecule has 0 N–H and O–H groups in total. The van der Waals surface area contributed by atoms with Crippen LogP contribution >= 0.6 is 0 Å². The molecule has 0 bridgehead atoms. The summed E-state index contributed by atoms with van der Waals surface area (Å²) in [7, 11) is 0. The monoisotopic (exact) mass is 602 g/mol. The lowest BCUT2D eigenvalue weighted by molar-refractivity contribution is 1.67. The molecule has 48 heavy (non-hydrogen) atoms. The number of hydrogen-bond donors (Lipinski definition) is 0. The first-order valence-corrected chi connectivity index (χ1v) is 16.9. The second-order valence-electron chi connectivity index (χ2n) is 13.5. The zero-order chi connectivity index (χ0) is 31.1. The summed E-state index contributed by atoms with van der Waals surface area (Å²) >= 11 is 0.